The molecule has 0 heterocycles. The molecule has 1 aliphatic carbocycles. The summed E-state index contributed by atoms with van der Waals surface area (Å²) in [5.74, 6) is 1.62. The summed E-state index contributed by atoms with van der Waals surface area (Å²) in [6.45, 7) is 6.16. The molecule has 1 aromatic carbocycles. The smallest absolute Gasteiger partial charge is 0.0914 e. The van der Waals surface area contributed by atoms with Gasteiger partial charge in [0.1, 0.15) is 0 Å². The molecule has 2 heteroatoms. The molecule has 1 saturated carbocycles. The third-order valence-electron chi connectivity index (χ3n) is 4.30. The van der Waals surface area contributed by atoms with E-state index in [1.807, 2.05) is 0 Å². The predicted octanol–water partition coefficient (Wildman–Crippen LogP) is 3.70. The Morgan fingerprint density at radius 3 is 2.45 bits per heavy atom. The third-order valence-corrected chi connectivity index (χ3v) is 4.30. The van der Waals surface area contributed by atoms with Crippen molar-refractivity contribution in [2.75, 3.05) is 13.1 Å². The van der Waals surface area contributed by atoms with E-state index in [0.29, 0.717) is 12.5 Å². The van der Waals surface area contributed by atoms with Crippen molar-refractivity contribution in [1.82, 2.24) is 5.32 Å². The highest BCUT2D eigenvalue weighted by atomic mass is 16.3. The van der Waals surface area contributed by atoms with Crippen molar-refractivity contribution in [1.29, 1.82) is 0 Å². The van der Waals surface area contributed by atoms with E-state index in [2.05, 4.69) is 43.4 Å². The van der Waals surface area contributed by atoms with Crippen LogP contribution in [-0.2, 0) is 6.42 Å². The van der Waals surface area contributed by atoms with Gasteiger partial charge in [-0.1, -0.05) is 57.4 Å². The Bertz CT molecular complexity index is 381. The molecule has 0 spiro atoms. The molecule has 0 amide bonds. The minimum Gasteiger partial charge on any atom is -0.387 e. The minimum absolute atomic E-state index is 0.385. The van der Waals surface area contributed by atoms with E-state index in [4.69, 9.17) is 0 Å². The number of aliphatic hydroxyl groups excluding tert-OH is 1. The Morgan fingerprint density at radius 1 is 1.20 bits per heavy atom. The van der Waals surface area contributed by atoms with E-state index < -0.39 is 0 Å². The van der Waals surface area contributed by atoms with Crippen molar-refractivity contribution in [3.05, 3.63) is 35.4 Å². The highest BCUT2D eigenvalue weighted by molar-refractivity contribution is 5.24. The summed E-state index contributed by atoms with van der Waals surface area (Å²) in [5.41, 5.74) is 2.38. The summed E-state index contributed by atoms with van der Waals surface area (Å²) >= 11 is 0. The molecule has 20 heavy (non-hydrogen) atoms. The molecular formula is C18H29NO. The Morgan fingerprint density at radius 2 is 1.90 bits per heavy atom. The van der Waals surface area contributed by atoms with Crippen LogP contribution < -0.4 is 5.32 Å². The van der Waals surface area contributed by atoms with Crippen LogP contribution >= 0.6 is 0 Å². The van der Waals surface area contributed by atoms with Crippen molar-refractivity contribution >= 4 is 0 Å². The molecule has 1 unspecified atom stereocenters. The molecule has 1 fully saturated rings. The molecule has 1 atom stereocenters. The summed E-state index contributed by atoms with van der Waals surface area (Å²) in [4.78, 5) is 0. The monoisotopic (exact) mass is 275 g/mol. The fraction of sp³-hybridized carbons (Fsp3) is 0.667. The lowest BCUT2D eigenvalue weighted by molar-refractivity contribution is 0.172. The number of hydrogen-bond donors (Lipinski definition) is 2. The SMILES string of the molecule is CC(C)Cc1ccc(C(O)CNCCC2CCC2)cc1. The van der Waals surface area contributed by atoms with Gasteiger partial charge in [-0.3, -0.25) is 0 Å². The Kier molecular flexibility index (Phi) is 6.06. The largest absolute Gasteiger partial charge is 0.387 e. The van der Waals surface area contributed by atoms with Gasteiger partial charge in [0.2, 0.25) is 0 Å². The summed E-state index contributed by atoms with van der Waals surface area (Å²) < 4.78 is 0. The maximum Gasteiger partial charge on any atom is 0.0914 e. The van der Waals surface area contributed by atoms with Gasteiger partial charge in [0, 0.05) is 6.54 Å². The molecule has 2 N–H and O–H groups in total. The zero-order valence-electron chi connectivity index (χ0n) is 12.9. The fourth-order valence-corrected chi connectivity index (χ4v) is 2.79. The lowest BCUT2D eigenvalue weighted by atomic mass is 9.83. The average Bonchev–Trinajstić information content (AvgIpc) is 2.36. The summed E-state index contributed by atoms with van der Waals surface area (Å²) in [6, 6.07) is 8.42. The topological polar surface area (TPSA) is 32.3 Å². The van der Waals surface area contributed by atoms with E-state index >= 15 is 0 Å². The van der Waals surface area contributed by atoms with E-state index in [1.54, 1.807) is 0 Å². The standard InChI is InChI=1S/C18H29NO/c1-14(2)12-16-6-8-17(9-7-16)18(20)13-19-11-10-15-4-3-5-15/h6-9,14-15,18-20H,3-5,10-13H2,1-2H3. The minimum atomic E-state index is -0.385. The first kappa shape index (κ1) is 15.5. The van der Waals surface area contributed by atoms with Crippen LogP contribution in [0.3, 0.4) is 0 Å². The molecule has 0 aromatic heterocycles. The number of nitrogens with one attached hydrogen (secondary N) is 1. The predicted molar refractivity (Wildman–Crippen MR) is 84.8 cm³/mol. The Labute approximate surface area is 123 Å². The van der Waals surface area contributed by atoms with Crippen molar-refractivity contribution in [3.63, 3.8) is 0 Å². The number of hydrogen-bond acceptors (Lipinski definition) is 2. The van der Waals surface area contributed by atoms with Crippen molar-refractivity contribution in [3.8, 4) is 0 Å². The molecule has 112 valence electrons. The first-order valence-electron chi connectivity index (χ1n) is 8.12. The normalized spacial score (nSPS) is 17.2. The second kappa shape index (κ2) is 7.80. The molecular weight excluding hydrogens is 246 g/mol. The first-order valence-corrected chi connectivity index (χ1v) is 8.12. The van der Waals surface area contributed by atoms with Crippen molar-refractivity contribution < 1.29 is 5.11 Å². The van der Waals surface area contributed by atoms with Crippen LogP contribution in [0.2, 0.25) is 0 Å². The van der Waals surface area contributed by atoms with Crippen LogP contribution in [0, 0.1) is 11.8 Å². The second-order valence-electron chi connectivity index (χ2n) is 6.65. The number of benzene rings is 1. The van der Waals surface area contributed by atoms with Gasteiger partial charge in [-0.15, -0.1) is 0 Å². The van der Waals surface area contributed by atoms with E-state index in [-0.39, 0.29) is 6.10 Å². The summed E-state index contributed by atoms with van der Waals surface area (Å²) in [6.07, 6.45) is 6.21. The zero-order valence-corrected chi connectivity index (χ0v) is 12.9. The molecule has 0 aliphatic heterocycles. The van der Waals surface area contributed by atoms with Crippen molar-refractivity contribution in [2.45, 2.75) is 52.1 Å². The van der Waals surface area contributed by atoms with E-state index in [1.165, 1.54) is 31.2 Å². The highest BCUT2D eigenvalue weighted by Gasteiger charge is 2.16. The quantitative estimate of drug-likeness (QED) is 0.709. The van der Waals surface area contributed by atoms with Gasteiger partial charge in [-0.2, -0.15) is 0 Å². The number of rotatable bonds is 8. The average molecular weight is 275 g/mol. The van der Waals surface area contributed by atoms with Crippen LogP contribution in [0.15, 0.2) is 24.3 Å². The van der Waals surface area contributed by atoms with Crippen LogP contribution in [0.1, 0.15) is 56.8 Å². The molecule has 0 saturated heterocycles. The van der Waals surface area contributed by atoms with Crippen LogP contribution in [0.4, 0.5) is 0 Å². The fourth-order valence-electron chi connectivity index (χ4n) is 2.79. The molecule has 1 aromatic rings. The molecule has 1 aliphatic rings. The highest BCUT2D eigenvalue weighted by Crippen LogP contribution is 2.28. The zero-order chi connectivity index (χ0) is 14.4. The molecule has 2 rings (SSSR count). The lowest BCUT2D eigenvalue weighted by Crippen LogP contribution is -2.25. The maximum atomic E-state index is 10.2. The number of aliphatic hydroxyl groups is 1. The van der Waals surface area contributed by atoms with Gasteiger partial charge < -0.3 is 10.4 Å². The van der Waals surface area contributed by atoms with Gasteiger partial charge in [0.25, 0.3) is 0 Å². The summed E-state index contributed by atoms with van der Waals surface area (Å²) in [7, 11) is 0. The third kappa shape index (κ3) is 4.92. The maximum absolute atomic E-state index is 10.2. The van der Waals surface area contributed by atoms with Gasteiger partial charge in [-0.25, -0.2) is 0 Å². The first-order chi connectivity index (χ1) is 9.65. The Balaban J connectivity index is 1.69. The molecule has 2 nitrogen and oxygen atoms in total. The van der Waals surface area contributed by atoms with Crippen LogP contribution in [0.25, 0.3) is 0 Å². The van der Waals surface area contributed by atoms with Crippen molar-refractivity contribution in [2.24, 2.45) is 11.8 Å². The second-order valence-corrected chi connectivity index (χ2v) is 6.65. The summed E-state index contributed by atoms with van der Waals surface area (Å²) in [5, 5.41) is 13.5. The van der Waals surface area contributed by atoms with E-state index in [0.717, 1.165) is 24.4 Å². The van der Waals surface area contributed by atoms with Gasteiger partial charge in [0.15, 0.2) is 0 Å². The van der Waals surface area contributed by atoms with E-state index in [9.17, 15) is 5.11 Å². The molecule has 0 bridgehead atoms. The van der Waals surface area contributed by atoms with Gasteiger partial charge >= 0.3 is 0 Å². The van der Waals surface area contributed by atoms with Crippen LogP contribution in [-0.4, -0.2) is 18.2 Å². The lowest BCUT2D eigenvalue weighted by Gasteiger charge is -2.25. The Hall–Kier alpha value is -0.860. The van der Waals surface area contributed by atoms with Gasteiger partial charge in [-0.05, 0) is 42.3 Å². The molecule has 0 radical (unpaired) electrons. The van der Waals surface area contributed by atoms with Gasteiger partial charge in [0.05, 0.1) is 6.10 Å². The van der Waals surface area contributed by atoms with Crippen LogP contribution in [0.5, 0.6) is 0 Å².